The van der Waals surface area contributed by atoms with E-state index < -0.39 is 0 Å². The number of hydrogen-bond acceptors (Lipinski definition) is 8. The van der Waals surface area contributed by atoms with Gasteiger partial charge in [0.2, 0.25) is 0 Å². The average Bonchev–Trinajstić information content (AvgIpc) is 3.26. The van der Waals surface area contributed by atoms with Crippen molar-refractivity contribution in [3.8, 4) is 5.75 Å². The maximum absolute atomic E-state index is 12.7. The van der Waals surface area contributed by atoms with Gasteiger partial charge >= 0.3 is 0 Å². The van der Waals surface area contributed by atoms with Crippen molar-refractivity contribution in [3.63, 3.8) is 0 Å². The molecular formula is C23H24ClN3O4S. The average molecular weight is 474 g/mol. The second-order valence-corrected chi connectivity index (χ2v) is 8.80. The third-order valence-electron chi connectivity index (χ3n) is 5.09. The molecule has 1 aliphatic rings. The van der Waals surface area contributed by atoms with E-state index in [2.05, 4.69) is 15.1 Å². The van der Waals surface area contributed by atoms with E-state index in [4.69, 9.17) is 25.5 Å². The topological polar surface area (TPSA) is 77.7 Å². The van der Waals surface area contributed by atoms with Crippen LogP contribution in [-0.4, -0.2) is 59.5 Å². The van der Waals surface area contributed by atoms with Gasteiger partial charge in [0, 0.05) is 36.5 Å². The fourth-order valence-electron chi connectivity index (χ4n) is 3.33. The van der Waals surface area contributed by atoms with Gasteiger partial charge in [-0.2, -0.15) is 0 Å². The highest BCUT2D eigenvalue weighted by Crippen LogP contribution is 2.25. The van der Waals surface area contributed by atoms with Crippen LogP contribution in [0.1, 0.15) is 27.4 Å². The summed E-state index contributed by atoms with van der Waals surface area (Å²) in [6.07, 6.45) is 0. The Kier molecular flexibility index (Phi) is 7.81. The first-order chi connectivity index (χ1) is 15.6. The van der Waals surface area contributed by atoms with E-state index >= 15 is 0 Å². The van der Waals surface area contributed by atoms with Crippen LogP contribution in [0.25, 0.3) is 0 Å². The molecule has 1 saturated heterocycles. The molecule has 3 aromatic rings. The summed E-state index contributed by atoms with van der Waals surface area (Å²) in [5.41, 5.74) is 1.87. The molecule has 0 N–H and O–H groups in total. The Balaban J connectivity index is 1.29. The Labute approximate surface area is 196 Å². The van der Waals surface area contributed by atoms with E-state index in [0.29, 0.717) is 33.0 Å². The number of carbonyl (C=O) groups excluding carboxylic acids is 1. The van der Waals surface area contributed by atoms with Crippen molar-refractivity contribution < 1.29 is 18.7 Å². The molecule has 0 atom stereocenters. The maximum atomic E-state index is 12.7. The number of benzene rings is 2. The molecule has 168 valence electrons. The van der Waals surface area contributed by atoms with E-state index in [1.165, 1.54) is 11.8 Å². The van der Waals surface area contributed by atoms with Crippen LogP contribution in [0.15, 0.2) is 52.1 Å². The number of aromatic nitrogens is 2. The second-order valence-electron chi connectivity index (χ2n) is 7.34. The Bertz CT molecular complexity index is 1070. The maximum Gasteiger partial charge on any atom is 0.276 e. The molecule has 4 rings (SSSR count). The summed E-state index contributed by atoms with van der Waals surface area (Å²) in [6, 6.07) is 12.3. The molecule has 0 spiro atoms. The van der Waals surface area contributed by atoms with Gasteiger partial charge in [0.25, 0.3) is 11.1 Å². The molecular weight excluding hydrogens is 450 g/mol. The summed E-state index contributed by atoms with van der Waals surface area (Å²) >= 11 is 7.69. The first-order valence-electron chi connectivity index (χ1n) is 10.4. The molecule has 1 aromatic heterocycles. The lowest BCUT2D eigenvalue weighted by atomic mass is 10.0. The largest absolute Gasteiger partial charge is 0.484 e. The molecule has 0 amide bonds. The molecule has 0 saturated carbocycles. The van der Waals surface area contributed by atoms with Crippen LogP contribution >= 0.6 is 23.4 Å². The highest BCUT2D eigenvalue weighted by atomic mass is 35.5. The normalized spacial score (nSPS) is 14.4. The summed E-state index contributed by atoms with van der Waals surface area (Å²) in [5, 5.41) is 9.11. The van der Waals surface area contributed by atoms with Crippen molar-refractivity contribution >= 4 is 29.1 Å². The van der Waals surface area contributed by atoms with Crippen molar-refractivity contribution in [3.05, 3.63) is 70.1 Å². The fraction of sp³-hybridized carbons (Fsp3) is 0.348. The zero-order valence-electron chi connectivity index (χ0n) is 17.8. The number of rotatable bonds is 9. The number of ketones is 1. The highest BCUT2D eigenvalue weighted by molar-refractivity contribution is 7.99. The molecule has 32 heavy (non-hydrogen) atoms. The molecule has 2 aromatic carbocycles. The van der Waals surface area contributed by atoms with Crippen LogP contribution in [0, 0.1) is 6.92 Å². The smallest absolute Gasteiger partial charge is 0.276 e. The Hall–Kier alpha value is -2.39. The van der Waals surface area contributed by atoms with E-state index in [1.807, 2.05) is 6.92 Å². The highest BCUT2D eigenvalue weighted by Gasteiger charge is 2.15. The number of halogens is 1. The number of carbonyl (C=O) groups is 1. The predicted octanol–water partition coefficient (Wildman–Crippen LogP) is 4.27. The van der Waals surface area contributed by atoms with Gasteiger partial charge in [-0.1, -0.05) is 35.5 Å². The summed E-state index contributed by atoms with van der Waals surface area (Å²) < 4.78 is 16.9. The first kappa shape index (κ1) is 22.8. The quantitative estimate of drug-likeness (QED) is 0.337. The molecule has 0 bridgehead atoms. The third-order valence-corrected chi connectivity index (χ3v) is 6.22. The van der Waals surface area contributed by atoms with E-state index in [0.717, 1.165) is 44.2 Å². The molecule has 0 aliphatic carbocycles. The van der Waals surface area contributed by atoms with Crippen LogP contribution in [0.3, 0.4) is 0 Å². The zero-order chi connectivity index (χ0) is 22.3. The van der Waals surface area contributed by atoms with Gasteiger partial charge in [-0.05, 0) is 42.8 Å². The lowest BCUT2D eigenvalue weighted by Gasteiger charge is -2.25. The minimum atomic E-state index is -0.124. The Morgan fingerprint density at radius 3 is 2.78 bits per heavy atom. The lowest BCUT2D eigenvalue weighted by molar-refractivity contribution is 0.0410. The van der Waals surface area contributed by atoms with Gasteiger partial charge in [-0.15, -0.1) is 10.2 Å². The van der Waals surface area contributed by atoms with Crippen molar-refractivity contribution in [1.29, 1.82) is 0 Å². The van der Waals surface area contributed by atoms with Crippen molar-refractivity contribution in [2.75, 3.05) is 38.6 Å². The number of hydrogen-bond donors (Lipinski definition) is 0. The summed E-state index contributed by atoms with van der Waals surface area (Å²) in [5.74, 6) is 1.82. The number of nitrogens with zero attached hydrogens (tertiary/aromatic N) is 3. The van der Waals surface area contributed by atoms with Crippen LogP contribution in [-0.2, 0) is 11.3 Å². The molecule has 1 aliphatic heterocycles. The van der Waals surface area contributed by atoms with Crippen LogP contribution in [0.4, 0.5) is 0 Å². The van der Waals surface area contributed by atoms with Crippen LogP contribution < -0.4 is 4.74 Å². The van der Waals surface area contributed by atoms with E-state index in [1.54, 1.807) is 42.5 Å². The number of morpholine rings is 1. The minimum absolute atomic E-state index is 0.124. The van der Waals surface area contributed by atoms with E-state index in [-0.39, 0.29) is 12.4 Å². The lowest BCUT2D eigenvalue weighted by Crippen LogP contribution is -2.37. The van der Waals surface area contributed by atoms with Crippen LogP contribution in [0.5, 0.6) is 5.75 Å². The molecule has 0 unspecified atom stereocenters. The van der Waals surface area contributed by atoms with Crippen molar-refractivity contribution in [2.45, 2.75) is 18.8 Å². The Morgan fingerprint density at radius 2 is 2.00 bits per heavy atom. The number of ether oxygens (including phenoxy) is 2. The monoisotopic (exact) mass is 473 g/mol. The van der Waals surface area contributed by atoms with Crippen molar-refractivity contribution in [1.82, 2.24) is 15.1 Å². The molecule has 2 heterocycles. The second kappa shape index (κ2) is 11.0. The molecule has 9 heteroatoms. The predicted molar refractivity (Wildman–Crippen MR) is 123 cm³/mol. The summed E-state index contributed by atoms with van der Waals surface area (Å²) in [6.45, 7) is 6.52. The fourth-order valence-corrected chi connectivity index (χ4v) is 4.33. The minimum Gasteiger partial charge on any atom is -0.484 e. The van der Waals surface area contributed by atoms with Gasteiger partial charge in [0.15, 0.2) is 12.4 Å². The molecule has 7 nitrogen and oxygen atoms in total. The van der Waals surface area contributed by atoms with Crippen molar-refractivity contribution in [2.24, 2.45) is 0 Å². The van der Waals surface area contributed by atoms with Gasteiger partial charge in [0.05, 0.1) is 18.2 Å². The molecule has 0 radical (unpaired) electrons. The number of thioether (sulfide) groups is 1. The van der Waals surface area contributed by atoms with Gasteiger partial charge in [0.1, 0.15) is 5.75 Å². The summed E-state index contributed by atoms with van der Waals surface area (Å²) in [7, 11) is 0. The van der Waals surface area contributed by atoms with Gasteiger partial charge < -0.3 is 13.9 Å². The van der Waals surface area contributed by atoms with Gasteiger partial charge in [-0.3, -0.25) is 9.69 Å². The molecule has 1 fully saturated rings. The first-order valence-corrected chi connectivity index (χ1v) is 11.7. The van der Waals surface area contributed by atoms with Gasteiger partial charge in [-0.25, -0.2) is 0 Å². The Morgan fingerprint density at radius 1 is 1.19 bits per heavy atom. The number of aryl methyl sites for hydroxylation is 1. The third kappa shape index (κ3) is 5.89. The summed E-state index contributed by atoms with van der Waals surface area (Å²) in [4.78, 5) is 15.1. The van der Waals surface area contributed by atoms with E-state index in [9.17, 15) is 4.79 Å². The van der Waals surface area contributed by atoms with Crippen LogP contribution in [0.2, 0.25) is 5.02 Å². The standard InChI is InChI=1S/C23H24ClN3O4S/c1-16-14-17(22(28)18-4-2-3-5-19(18)24)6-7-20(16)30-15-21-25-26-23(31-21)32-13-10-27-8-11-29-12-9-27/h2-7,14H,8-13,15H2,1H3. The SMILES string of the molecule is Cc1cc(C(=O)c2ccccc2Cl)ccc1OCc1nnc(SCCN2CCOCC2)o1. The zero-order valence-corrected chi connectivity index (χ0v) is 19.3.